The van der Waals surface area contributed by atoms with Crippen LogP contribution in [-0.4, -0.2) is 85.8 Å². The first-order valence-corrected chi connectivity index (χ1v) is 15.2. The molecule has 4 heterocycles. The molecular weight excluding hydrogens is 603 g/mol. The van der Waals surface area contributed by atoms with Crippen molar-refractivity contribution in [2.24, 2.45) is 10.6 Å². The van der Waals surface area contributed by atoms with Crippen molar-refractivity contribution < 1.29 is 33.5 Å². The number of esters is 2. The smallest absolute Gasteiger partial charge is 0.357 e. The van der Waals surface area contributed by atoms with E-state index in [4.69, 9.17) is 20.0 Å². The minimum atomic E-state index is -0.947. The molecule has 0 unspecified atom stereocenters. The molecule has 1 saturated heterocycles. The predicted octanol–water partition coefficient (Wildman–Crippen LogP) is 1.46. The van der Waals surface area contributed by atoms with Crippen molar-refractivity contribution >= 4 is 81.0 Å². The number of hydrogen-bond donors (Lipinski definition) is 2. The van der Waals surface area contributed by atoms with Gasteiger partial charge in [0.1, 0.15) is 34.1 Å². The molecule has 0 aromatic carbocycles. The number of nitrogen functional groups attached to an aromatic ring is 1. The molecule has 40 heavy (non-hydrogen) atoms. The third kappa shape index (κ3) is 6.56. The van der Waals surface area contributed by atoms with Crippen LogP contribution in [0.25, 0.3) is 0 Å². The number of amides is 2. The maximum absolute atomic E-state index is 13.3. The van der Waals surface area contributed by atoms with Crippen molar-refractivity contribution in [2.75, 3.05) is 31.1 Å². The van der Waals surface area contributed by atoms with Crippen LogP contribution in [0.2, 0.25) is 0 Å². The van der Waals surface area contributed by atoms with Crippen LogP contribution in [0.3, 0.4) is 0 Å². The lowest BCUT2D eigenvalue weighted by atomic mass is 9.98. The molecule has 2 aromatic heterocycles. The van der Waals surface area contributed by atoms with Crippen LogP contribution in [-0.2, 0) is 33.5 Å². The van der Waals surface area contributed by atoms with Crippen LogP contribution >= 0.6 is 46.4 Å². The first-order valence-electron chi connectivity index (χ1n) is 11.6. The Hall–Kier alpha value is -3.22. The SMILES string of the molecule is CO/N=C(\C(=O)N[C@@H]1C(=O)N2C(C(=O)OCOC(=O)C(C)(C)C)=C(CSc3cnns3)CS[C@H]12)c1csc(N)n1. The number of aromatic nitrogens is 3. The summed E-state index contributed by atoms with van der Waals surface area (Å²) in [6.45, 7) is 4.41. The molecule has 2 amide bonds. The van der Waals surface area contributed by atoms with Crippen LogP contribution in [0.5, 0.6) is 0 Å². The van der Waals surface area contributed by atoms with Gasteiger partial charge < -0.3 is 25.4 Å². The number of β-lactam (4-membered cyclic amide) rings is 1. The van der Waals surface area contributed by atoms with E-state index in [0.29, 0.717) is 17.1 Å². The average Bonchev–Trinajstić information content (AvgIpc) is 3.59. The fourth-order valence-corrected chi connectivity index (χ4v) is 6.94. The lowest BCUT2D eigenvalue weighted by molar-refractivity contribution is -0.173. The fourth-order valence-electron chi connectivity index (χ4n) is 3.49. The maximum atomic E-state index is 13.3. The summed E-state index contributed by atoms with van der Waals surface area (Å²) in [5.41, 5.74) is 5.65. The second-order valence-electron chi connectivity index (χ2n) is 9.26. The van der Waals surface area contributed by atoms with Gasteiger partial charge in [-0.15, -0.1) is 40.0 Å². The zero-order valence-corrected chi connectivity index (χ0v) is 25.0. The number of thiazole rings is 1. The number of nitrogens with two attached hydrogens (primary N) is 1. The van der Waals surface area contributed by atoms with E-state index in [-0.39, 0.29) is 22.2 Å². The molecule has 214 valence electrons. The summed E-state index contributed by atoms with van der Waals surface area (Å²) in [5, 5.41) is 11.4. The number of fused-ring (bicyclic) bond motifs is 1. The highest BCUT2D eigenvalue weighted by Gasteiger charge is 2.54. The van der Waals surface area contributed by atoms with E-state index in [9.17, 15) is 19.2 Å². The number of hydrogen-bond acceptors (Lipinski definition) is 16. The van der Waals surface area contributed by atoms with E-state index < -0.39 is 47.4 Å². The molecule has 0 radical (unpaired) electrons. The molecule has 0 saturated carbocycles. The lowest BCUT2D eigenvalue weighted by Gasteiger charge is -2.49. The minimum absolute atomic E-state index is 0.0501. The topological polar surface area (TPSA) is 188 Å². The van der Waals surface area contributed by atoms with Crippen LogP contribution in [0, 0.1) is 5.41 Å². The Labute approximate surface area is 245 Å². The van der Waals surface area contributed by atoms with E-state index >= 15 is 0 Å². The van der Waals surface area contributed by atoms with Crippen molar-refractivity contribution in [3.8, 4) is 0 Å². The molecule has 4 rings (SSSR count). The molecule has 14 nitrogen and oxygen atoms in total. The number of oxime groups is 1. The number of thioether (sulfide) groups is 2. The highest BCUT2D eigenvalue weighted by atomic mass is 32.2. The molecule has 18 heteroatoms. The van der Waals surface area contributed by atoms with Gasteiger partial charge in [-0.25, -0.2) is 9.78 Å². The summed E-state index contributed by atoms with van der Waals surface area (Å²) in [6.07, 6.45) is 1.61. The van der Waals surface area contributed by atoms with Crippen molar-refractivity contribution in [2.45, 2.75) is 36.4 Å². The normalized spacial score (nSPS) is 19.1. The third-order valence-corrected chi connectivity index (χ3v) is 9.35. The summed E-state index contributed by atoms with van der Waals surface area (Å²) < 4.78 is 15.0. The summed E-state index contributed by atoms with van der Waals surface area (Å²) in [5.74, 6) is -1.81. The Morgan fingerprint density at radius 3 is 2.70 bits per heavy atom. The van der Waals surface area contributed by atoms with Gasteiger partial charge in [0.25, 0.3) is 11.8 Å². The first kappa shape index (κ1) is 29.8. The number of carbonyl (C=O) groups is 4. The van der Waals surface area contributed by atoms with Crippen molar-refractivity contribution in [1.29, 1.82) is 0 Å². The summed E-state index contributed by atoms with van der Waals surface area (Å²) in [4.78, 5) is 61.7. The third-order valence-electron chi connectivity index (χ3n) is 5.41. The van der Waals surface area contributed by atoms with Gasteiger partial charge in [-0.05, 0) is 37.9 Å². The lowest BCUT2D eigenvalue weighted by Crippen LogP contribution is -2.71. The molecule has 0 bridgehead atoms. The number of nitrogens with one attached hydrogen (secondary N) is 1. The molecule has 2 aliphatic heterocycles. The Bertz CT molecular complexity index is 1350. The van der Waals surface area contributed by atoms with Crippen LogP contribution in [0.4, 0.5) is 5.13 Å². The summed E-state index contributed by atoms with van der Waals surface area (Å²) >= 11 is 5.13. The number of carbonyl (C=O) groups excluding carboxylic acids is 4. The van der Waals surface area contributed by atoms with Gasteiger partial charge in [0.2, 0.25) is 6.79 Å². The van der Waals surface area contributed by atoms with Gasteiger partial charge >= 0.3 is 11.9 Å². The molecule has 0 spiro atoms. The highest BCUT2D eigenvalue weighted by Crippen LogP contribution is 2.42. The highest BCUT2D eigenvalue weighted by molar-refractivity contribution is 8.01. The van der Waals surface area contributed by atoms with Crippen molar-refractivity contribution in [3.63, 3.8) is 0 Å². The van der Waals surface area contributed by atoms with Gasteiger partial charge in [0.15, 0.2) is 10.8 Å². The zero-order valence-electron chi connectivity index (χ0n) is 21.7. The van der Waals surface area contributed by atoms with Crippen LogP contribution in [0.1, 0.15) is 26.5 Å². The standard InChI is InChI=1S/C22H25N7O7S4/c1-22(2,3)20(33)36-9-35-19(32)15-10(6-37-12-5-24-28-40-12)7-38-18-14(17(31)29(15)18)26-16(30)13(27-34-4)11-8-39-21(23)25-11/h5,8,14,18H,6-7,9H2,1-4H3,(H2,23,25)(H,26,30)/b27-13-/t14-,18-/m1/s1. The van der Waals surface area contributed by atoms with E-state index in [1.165, 1.54) is 47.1 Å². The second kappa shape index (κ2) is 12.5. The van der Waals surface area contributed by atoms with Gasteiger partial charge in [0, 0.05) is 16.9 Å². The largest absolute Gasteiger partial charge is 0.427 e. The number of nitrogens with zero attached hydrogens (tertiary/aromatic N) is 5. The van der Waals surface area contributed by atoms with Gasteiger partial charge in [0.05, 0.1) is 11.6 Å². The average molecular weight is 628 g/mol. The second-order valence-corrected chi connectivity index (χ2v) is 13.3. The Morgan fingerprint density at radius 2 is 2.08 bits per heavy atom. The zero-order chi connectivity index (χ0) is 29.0. The van der Waals surface area contributed by atoms with E-state index in [2.05, 4.69) is 25.0 Å². The fraction of sp³-hybridized carbons (Fsp3) is 0.455. The van der Waals surface area contributed by atoms with E-state index in [1.807, 2.05) is 0 Å². The number of rotatable bonds is 10. The number of anilines is 1. The van der Waals surface area contributed by atoms with Crippen LogP contribution in [0.15, 0.2) is 32.2 Å². The molecule has 1 fully saturated rings. The molecule has 3 N–H and O–H groups in total. The summed E-state index contributed by atoms with van der Waals surface area (Å²) in [7, 11) is 1.28. The maximum Gasteiger partial charge on any atom is 0.357 e. The first-order chi connectivity index (χ1) is 19.0. The van der Waals surface area contributed by atoms with E-state index in [0.717, 1.165) is 15.5 Å². The molecule has 2 aliphatic rings. The molecule has 2 atom stereocenters. The van der Waals surface area contributed by atoms with Gasteiger partial charge in [-0.3, -0.25) is 19.3 Å². The Balaban J connectivity index is 1.50. The summed E-state index contributed by atoms with van der Waals surface area (Å²) in [6, 6.07) is -0.947. The van der Waals surface area contributed by atoms with Gasteiger partial charge in [-0.1, -0.05) is 9.64 Å². The van der Waals surface area contributed by atoms with Crippen LogP contribution < -0.4 is 11.1 Å². The number of ether oxygens (including phenoxy) is 2. The van der Waals surface area contributed by atoms with Crippen molar-refractivity contribution in [1.82, 2.24) is 24.8 Å². The van der Waals surface area contributed by atoms with Gasteiger partial charge in [-0.2, -0.15) is 0 Å². The molecular formula is C22H25N7O7S4. The minimum Gasteiger partial charge on any atom is -0.427 e. The molecule has 2 aromatic rings. The predicted molar refractivity (Wildman–Crippen MR) is 149 cm³/mol. The quantitative estimate of drug-likeness (QED) is 0.0963. The Morgan fingerprint density at radius 1 is 1.30 bits per heavy atom. The Kier molecular flexibility index (Phi) is 9.32. The molecule has 0 aliphatic carbocycles. The van der Waals surface area contributed by atoms with E-state index in [1.54, 1.807) is 32.3 Å². The monoisotopic (exact) mass is 627 g/mol. The van der Waals surface area contributed by atoms with Crippen molar-refractivity contribution in [3.05, 3.63) is 28.5 Å².